The second-order valence-corrected chi connectivity index (χ2v) is 4.76. The Kier molecular flexibility index (Phi) is 3.31. The van der Waals surface area contributed by atoms with Crippen molar-refractivity contribution in [3.8, 4) is 0 Å². The fourth-order valence-corrected chi connectivity index (χ4v) is 2.13. The monoisotopic (exact) mass is 334 g/mol. The molecule has 0 N–H and O–H groups in total. The van der Waals surface area contributed by atoms with E-state index >= 15 is 0 Å². The van der Waals surface area contributed by atoms with Crippen LogP contribution in [0.4, 0.5) is 0 Å². The number of ether oxygens (including phenoxy) is 1. The fourth-order valence-electron chi connectivity index (χ4n) is 1.38. The first-order chi connectivity index (χ1) is 7.18. The minimum atomic E-state index is -0.0839. The van der Waals surface area contributed by atoms with Crippen LogP contribution < -0.4 is 0 Å². The molecule has 0 saturated heterocycles. The van der Waals surface area contributed by atoms with Gasteiger partial charge in [-0.3, -0.25) is 4.79 Å². The average Bonchev–Trinajstić information content (AvgIpc) is 2.74. The molecule has 0 aliphatic carbocycles. The molecule has 0 saturated carbocycles. The van der Waals surface area contributed by atoms with Crippen molar-refractivity contribution < 1.29 is 9.53 Å². The van der Waals surface area contributed by atoms with E-state index in [1.54, 1.807) is 12.1 Å². The highest BCUT2D eigenvalue weighted by molar-refractivity contribution is 14.1. The Labute approximate surface area is 106 Å². The fraction of sp³-hybridized carbons (Fsp3) is 0.182. The van der Waals surface area contributed by atoms with Gasteiger partial charge in [-0.2, -0.15) is 0 Å². The highest BCUT2D eigenvalue weighted by Gasteiger charge is 2.19. The Hall–Kier alpha value is -0.550. The number of hydrogen-bond acceptors (Lipinski definition) is 2. The molecule has 4 heteroatoms. The maximum Gasteiger partial charge on any atom is 0.228 e. The van der Waals surface area contributed by atoms with Gasteiger partial charge in [0.25, 0.3) is 0 Å². The van der Waals surface area contributed by atoms with Crippen LogP contribution in [0.3, 0.4) is 0 Å². The van der Waals surface area contributed by atoms with Gasteiger partial charge in [0.2, 0.25) is 5.78 Å². The summed E-state index contributed by atoms with van der Waals surface area (Å²) >= 11 is 7.97. The molecule has 15 heavy (non-hydrogen) atoms. The van der Waals surface area contributed by atoms with Crippen molar-refractivity contribution in [1.29, 1.82) is 0 Å². The van der Waals surface area contributed by atoms with Crippen LogP contribution in [-0.2, 0) is 4.74 Å². The summed E-state index contributed by atoms with van der Waals surface area (Å²) in [6.45, 7) is 0.595. The van der Waals surface area contributed by atoms with Crippen LogP contribution in [0.2, 0.25) is 5.02 Å². The van der Waals surface area contributed by atoms with E-state index in [1.165, 1.54) is 0 Å². The van der Waals surface area contributed by atoms with E-state index in [0.717, 1.165) is 9.99 Å². The van der Waals surface area contributed by atoms with Gasteiger partial charge < -0.3 is 4.74 Å². The first-order valence-corrected chi connectivity index (χ1v) is 5.97. The molecule has 0 spiro atoms. The van der Waals surface area contributed by atoms with Crippen LogP contribution >= 0.6 is 34.2 Å². The molecule has 1 aromatic rings. The molecular formula is C11H8ClIO2. The van der Waals surface area contributed by atoms with Gasteiger partial charge in [0.1, 0.15) is 0 Å². The van der Waals surface area contributed by atoms with Gasteiger partial charge in [-0.15, -0.1) is 0 Å². The molecule has 1 aliphatic rings. The molecular weight excluding hydrogens is 326 g/mol. The zero-order valence-electron chi connectivity index (χ0n) is 7.80. The first kappa shape index (κ1) is 11.0. The maximum absolute atomic E-state index is 12.0. The number of Topliss-reactive ketones (excluding diaryl/α,β-unsaturated/α-hetero) is 1. The van der Waals surface area contributed by atoms with Gasteiger partial charge in [-0.1, -0.05) is 11.6 Å². The van der Waals surface area contributed by atoms with Crippen molar-refractivity contribution >= 4 is 40.0 Å². The predicted octanol–water partition coefficient (Wildman–Crippen LogP) is 3.43. The van der Waals surface area contributed by atoms with Crippen molar-refractivity contribution in [1.82, 2.24) is 0 Å². The summed E-state index contributed by atoms with van der Waals surface area (Å²) in [6, 6.07) is 5.27. The number of halogens is 2. The molecule has 2 nitrogen and oxygen atoms in total. The Bertz CT molecular complexity index is 440. The number of rotatable bonds is 2. The van der Waals surface area contributed by atoms with Gasteiger partial charge in [0.15, 0.2) is 5.76 Å². The van der Waals surface area contributed by atoms with Crippen molar-refractivity contribution in [2.75, 3.05) is 6.61 Å². The van der Waals surface area contributed by atoms with Crippen molar-refractivity contribution in [2.24, 2.45) is 0 Å². The quantitative estimate of drug-likeness (QED) is 0.612. The number of allylic oxidation sites excluding steroid dienone is 1. The van der Waals surface area contributed by atoms with Gasteiger partial charge >= 0.3 is 0 Å². The zero-order chi connectivity index (χ0) is 10.8. The lowest BCUT2D eigenvalue weighted by Crippen LogP contribution is -2.06. The number of carbonyl (C=O) groups is 1. The normalized spacial score (nSPS) is 14.7. The molecule has 78 valence electrons. The standard InChI is InChI=1S/C11H8ClIO2/c12-7-3-4-9(13)8(6-7)11(14)10-2-1-5-15-10/h2-4,6H,1,5H2. The highest BCUT2D eigenvalue weighted by atomic mass is 127. The maximum atomic E-state index is 12.0. The van der Waals surface area contributed by atoms with E-state index in [0.29, 0.717) is 23.0 Å². The number of carbonyl (C=O) groups excluding carboxylic acids is 1. The first-order valence-electron chi connectivity index (χ1n) is 4.51. The van der Waals surface area contributed by atoms with Crippen LogP contribution in [-0.4, -0.2) is 12.4 Å². The molecule has 0 atom stereocenters. The molecule has 1 aliphatic heterocycles. The van der Waals surface area contributed by atoms with Crippen molar-refractivity contribution in [2.45, 2.75) is 6.42 Å². The van der Waals surface area contributed by atoms with Crippen LogP contribution in [0.5, 0.6) is 0 Å². The molecule has 1 aromatic carbocycles. The Morgan fingerprint density at radius 2 is 2.27 bits per heavy atom. The van der Waals surface area contributed by atoms with Crippen LogP contribution in [0.1, 0.15) is 16.8 Å². The second kappa shape index (κ2) is 4.53. The van der Waals surface area contributed by atoms with E-state index in [2.05, 4.69) is 22.6 Å². The lowest BCUT2D eigenvalue weighted by Gasteiger charge is -2.05. The summed E-state index contributed by atoms with van der Waals surface area (Å²) < 4.78 is 6.12. The van der Waals surface area contributed by atoms with E-state index in [4.69, 9.17) is 16.3 Å². The molecule has 0 amide bonds. The second-order valence-electron chi connectivity index (χ2n) is 3.16. The predicted molar refractivity (Wildman–Crippen MR) is 67.2 cm³/mol. The summed E-state index contributed by atoms with van der Waals surface area (Å²) in [6.07, 6.45) is 2.62. The van der Waals surface area contributed by atoms with Crippen LogP contribution in [0.25, 0.3) is 0 Å². The lowest BCUT2D eigenvalue weighted by molar-refractivity contribution is 0.0941. The zero-order valence-corrected chi connectivity index (χ0v) is 10.7. The summed E-state index contributed by atoms with van der Waals surface area (Å²) in [5.41, 5.74) is 0.608. The van der Waals surface area contributed by atoms with Crippen LogP contribution in [0.15, 0.2) is 30.0 Å². The SMILES string of the molecule is O=C(C1=CCCO1)c1cc(Cl)ccc1I. The molecule has 0 radical (unpaired) electrons. The largest absolute Gasteiger partial charge is 0.489 e. The van der Waals surface area contributed by atoms with Gasteiger partial charge in [-0.25, -0.2) is 0 Å². The van der Waals surface area contributed by atoms with Gasteiger partial charge in [0, 0.05) is 20.6 Å². The highest BCUT2D eigenvalue weighted by Crippen LogP contribution is 2.23. The Balaban J connectivity index is 2.36. The third-order valence-electron chi connectivity index (χ3n) is 2.10. The smallest absolute Gasteiger partial charge is 0.228 e. The average molecular weight is 335 g/mol. The topological polar surface area (TPSA) is 26.3 Å². The number of benzene rings is 1. The van der Waals surface area contributed by atoms with E-state index in [1.807, 2.05) is 12.1 Å². The molecule has 0 bridgehead atoms. The molecule has 0 fully saturated rings. The minimum Gasteiger partial charge on any atom is -0.489 e. The van der Waals surface area contributed by atoms with E-state index < -0.39 is 0 Å². The molecule has 2 rings (SSSR count). The van der Waals surface area contributed by atoms with E-state index in [9.17, 15) is 4.79 Å². The number of ketones is 1. The number of hydrogen-bond donors (Lipinski definition) is 0. The van der Waals surface area contributed by atoms with Crippen molar-refractivity contribution in [3.05, 3.63) is 44.2 Å². The third-order valence-corrected chi connectivity index (χ3v) is 3.28. The van der Waals surface area contributed by atoms with E-state index in [-0.39, 0.29) is 5.78 Å². The Morgan fingerprint density at radius 1 is 1.47 bits per heavy atom. The third kappa shape index (κ3) is 2.34. The molecule has 0 unspecified atom stereocenters. The molecule has 0 aromatic heterocycles. The Morgan fingerprint density at radius 3 is 2.93 bits per heavy atom. The molecule has 1 heterocycles. The van der Waals surface area contributed by atoms with Crippen LogP contribution in [0, 0.1) is 3.57 Å². The van der Waals surface area contributed by atoms with Gasteiger partial charge in [-0.05, 0) is 46.9 Å². The lowest BCUT2D eigenvalue weighted by atomic mass is 10.1. The summed E-state index contributed by atoms with van der Waals surface area (Å²) in [4.78, 5) is 12.0. The summed E-state index contributed by atoms with van der Waals surface area (Å²) in [5.74, 6) is 0.356. The minimum absolute atomic E-state index is 0.0839. The summed E-state index contributed by atoms with van der Waals surface area (Å²) in [5, 5.41) is 0.567. The summed E-state index contributed by atoms with van der Waals surface area (Å²) in [7, 11) is 0. The van der Waals surface area contributed by atoms with Gasteiger partial charge in [0.05, 0.1) is 6.61 Å². The van der Waals surface area contributed by atoms with Crippen molar-refractivity contribution in [3.63, 3.8) is 0 Å².